The molecule has 3 heterocycles. The summed E-state index contributed by atoms with van der Waals surface area (Å²) in [6.07, 6.45) is 2.10. The molecule has 0 aliphatic carbocycles. The molecule has 0 unspecified atom stereocenters. The second kappa shape index (κ2) is 7.67. The third-order valence-electron chi connectivity index (χ3n) is 5.09. The molecule has 4 atom stereocenters. The van der Waals surface area contributed by atoms with Crippen LogP contribution in [0, 0.1) is 17.8 Å². The van der Waals surface area contributed by atoms with E-state index < -0.39 is 35.9 Å². The van der Waals surface area contributed by atoms with Crippen LogP contribution in [0.4, 0.5) is 5.69 Å². The fourth-order valence-corrected chi connectivity index (χ4v) is 3.76. The molecular weight excluding hydrogens is 352 g/mol. The first-order valence-electron chi connectivity index (χ1n) is 9.36. The van der Waals surface area contributed by atoms with Gasteiger partial charge in [0.15, 0.2) is 5.69 Å². The third-order valence-corrected chi connectivity index (χ3v) is 5.09. The number of aliphatic carboxylic acids is 1. The van der Waals surface area contributed by atoms with Crippen LogP contribution in [0.15, 0.2) is 6.20 Å². The van der Waals surface area contributed by atoms with Gasteiger partial charge < -0.3 is 20.5 Å². The van der Waals surface area contributed by atoms with Crippen molar-refractivity contribution in [3.05, 3.63) is 11.9 Å². The number of anilines is 1. The molecular formula is C18H26N4O5. The van der Waals surface area contributed by atoms with Gasteiger partial charge in [-0.15, -0.1) is 0 Å². The molecule has 2 amide bonds. The summed E-state index contributed by atoms with van der Waals surface area (Å²) in [6.45, 7) is 6.87. The number of aromatic nitrogens is 2. The minimum atomic E-state index is -1.03. The SMILES string of the molecule is CCn1cc(NC(=O)[C@H]2[C@H](C(=O)O)[C@H]3CC[C@H]2O3)c(C(=O)NCC(C)C)n1. The number of nitrogens with one attached hydrogen (secondary N) is 2. The van der Waals surface area contributed by atoms with Crippen molar-refractivity contribution in [1.29, 1.82) is 0 Å². The van der Waals surface area contributed by atoms with Crippen LogP contribution in [0.5, 0.6) is 0 Å². The van der Waals surface area contributed by atoms with E-state index in [9.17, 15) is 19.5 Å². The molecule has 2 aliphatic heterocycles. The molecule has 2 aliphatic rings. The Kier molecular flexibility index (Phi) is 5.50. The number of aryl methyl sites for hydroxylation is 1. The van der Waals surface area contributed by atoms with Crippen molar-refractivity contribution < 1.29 is 24.2 Å². The van der Waals surface area contributed by atoms with Crippen molar-refractivity contribution in [3.63, 3.8) is 0 Å². The van der Waals surface area contributed by atoms with Crippen LogP contribution in [-0.2, 0) is 20.9 Å². The number of fused-ring (bicyclic) bond motifs is 2. The fourth-order valence-electron chi connectivity index (χ4n) is 3.76. The number of carbonyl (C=O) groups is 3. The Morgan fingerprint density at radius 3 is 2.56 bits per heavy atom. The van der Waals surface area contributed by atoms with E-state index in [0.29, 0.717) is 25.9 Å². The van der Waals surface area contributed by atoms with E-state index >= 15 is 0 Å². The Morgan fingerprint density at radius 2 is 1.96 bits per heavy atom. The van der Waals surface area contributed by atoms with Gasteiger partial charge in [0.25, 0.3) is 5.91 Å². The van der Waals surface area contributed by atoms with Gasteiger partial charge in [0.2, 0.25) is 5.91 Å². The van der Waals surface area contributed by atoms with Gasteiger partial charge in [-0.1, -0.05) is 13.8 Å². The molecule has 0 saturated carbocycles. The van der Waals surface area contributed by atoms with E-state index in [-0.39, 0.29) is 23.2 Å². The minimum absolute atomic E-state index is 0.127. The zero-order chi connectivity index (χ0) is 19.7. The van der Waals surface area contributed by atoms with Crippen molar-refractivity contribution in [2.24, 2.45) is 17.8 Å². The van der Waals surface area contributed by atoms with Gasteiger partial charge in [-0.3, -0.25) is 19.1 Å². The summed E-state index contributed by atoms with van der Waals surface area (Å²) in [5.41, 5.74) is 0.414. The largest absolute Gasteiger partial charge is 0.481 e. The first kappa shape index (κ1) is 19.3. The van der Waals surface area contributed by atoms with Crippen molar-refractivity contribution in [1.82, 2.24) is 15.1 Å². The molecule has 3 rings (SSSR count). The summed E-state index contributed by atoms with van der Waals surface area (Å²) in [5.74, 6) is -3.18. The molecule has 0 aromatic carbocycles. The molecule has 2 bridgehead atoms. The summed E-state index contributed by atoms with van der Waals surface area (Å²) in [5, 5.41) is 19.2. The number of hydrogen-bond donors (Lipinski definition) is 3. The highest BCUT2D eigenvalue weighted by Crippen LogP contribution is 2.44. The fraction of sp³-hybridized carbons (Fsp3) is 0.667. The van der Waals surface area contributed by atoms with Gasteiger partial charge >= 0.3 is 5.97 Å². The van der Waals surface area contributed by atoms with Crippen molar-refractivity contribution in [2.45, 2.75) is 52.4 Å². The van der Waals surface area contributed by atoms with Crippen LogP contribution in [0.3, 0.4) is 0 Å². The molecule has 0 radical (unpaired) electrons. The lowest BCUT2D eigenvalue weighted by Gasteiger charge is -2.23. The molecule has 1 aromatic rings. The van der Waals surface area contributed by atoms with E-state index in [1.54, 1.807) is 10.9 Å². The van der Waals surface area contributed by atoms with Gasteiger partial charge in [-0.25, -0.2) is 0 Å². The molecule has 27 heavy (non-hydrogen) atoms. The average molecular weight is 378 g/mol. The predicted octanol–water partition coefficient (Wildman–Crippen LogP) is 1.11. The Bertz CT molecular complexity index is 744. The van der Waals surface area contributed by atoms with Gasteiger partial charge in [0, 0.05) is 19.3 Å². The summed E-state index contributed by atoms with van der Waals surface area (Å²) in [6, 6.07) is 0. The van der Waals surface area contributed by atoms with E-state index in [1.807, 2.05) is 20.8 Å². The second-order valence-corrected chi connectivity index (χ2v) is 7.52. The first-order valence-corrected chi connectivity index (χ1v) is 9.36. The van der Waals surface area contributed by atoms with E-state index in [0.717, 1.165) is 0 Å². The number of hydrogen-bond acceptors (Lipinski definition) is 5. The van der Waals surface area contributed by atoms with Gasteiger partial charge in [0.05, 0.1) is 29.7 Å². The molecule has 2 saturated heterocycles. The maximum Gasteiger partial charge on any atom is 0.310 e. The van der Waals surface area contributed by atoms with Crippen LogP contribution in [0.25, 0.3) is 0 Å². The molecule has 9 nitrogen and oxygen atoms in total. The topological polar surface area (TPSA) is 123 Å². The Hall–Kier alpha value is -2.42. The second-order valence-electron chi connectivity index (χ2n) is 7.52. The highest BCUT2D eigenvalue weighted by atomic mass is 16.5. The number of amides is 2. The van der Waals surface area contributed by atoms with E-state index in [1.165, 1.54) is 0 Å². The van der Waals surface area contributed by atoms with Crippen LogP contribution in [0.2, 0.25) is 0 Å². The van der Waals surface area contributed by atoms with Crippen LogP contribution < -0.4 is 10.6 Å². The molecule has 3 N–H and O–H groups in total. The van der Waals surface area contributed by atoms with Crippen molar-refractivity contribution in [3.8, 4) is 0 Å². The number of rotatable bonds is 7. The molecule has 1 aromatic heterocycles. The Labute approximate surface area is 157 Å². The van der Waals surface area contributed by atoms with E-state index in [4.69, 9.17) is 4.74 Å². The molecule has 148 valence electrons. The van der Waals surface area contributed by atoms with Crippen LogP contribution >= 0.6 is 0 Å². The molecule has 2 fully saturated rings. The van der Waals surface area contributed by atoms with E-state index in [2.05, 4.69) is 15.7 Å². The maximum absolute atomic E-state index is 12.8. The summed E-state index contributed by atoms with van der Waals surface area (Å²) in [7, 11) is 0. The zero-order valence-electron chi connectivity index (χ0n) is 15.8. The zero-order valence-corrected chi connectivity index (χ0v) is 15.8. The van der Waals surface area contributed by atoms with Crippen molar-refractivity contribution >= 4 is 23.5 Å². The summed E-state index contributed by atoms with van der Waals surface area (Å²) in [4.78, 5) is 36.9. The standard InChI is InChI=1S/C18H26N4O5/c1-4-22-8-10(15(21-22)17(24)19-7-9(2)3)20-16(23)13-11-5-6-12(27-11)14(13)18(25)26/h8-9,11-14H,4-7H2,1-3H3,(H,19,24)(H,20,23)(H,25,26)/t11-,12-,13-,14-/m1/s1. The normalized spacial score (nSPS) is 26.4. The minimum Gasteiger partial charge on any atom is -0.481 e. The Balaban J connectivity index is 1.78. The lowest BCUT2D eigenvalue weighted by Crippen LogP contribution is -2.41. The third kappa shape index (κ3) is 3.83. The number of carbonyl (C=O) groups excluding carboxylic acids is 2. The monoisotopic (exact) mass is 378 g/mol. The highest BCUT2D eigenvalue weighted by Gasteiger charge is 2.55. The Morgan fingerprint density at radius 1 is 1.30 bits per heavy atom. The summed E-state index contributed by atoms with van der Waals surface area (Å²) >= 11 is 0. The lowest BCUT2D eigenvalue weighted by atomic mass is 9.78. The maximum atomic E-state index is 12.8. The molecule has 0 spiro atoms. The van der Waals surface area contributed by atoms with Gasteiger partial charge in [-0.05, 0) is 25.7 Å². The first-order chi connectivity index (χ1) is 12.8. The smallest absolute Gasteiger partial charge is 0.310 e. The number of carboxylic acids is 1. The number of nitrogens with zero attached hydrogens (tertiary/aromatic N) is 2. The lowest BCUT2D eigenvalue weighted by molar-refractivity contribution is -0.147. The quantitative estimate of drug-likeness (QED) is 0.653. The summed E-state index contributed by atoms with van der Waals surface area (Å²) < 4.78 is 7.21. The van der Waals surface area contributed by atoms with Gasteiger partial charge in [-0.2, -0.15) is 5.10 Å². The number of carboxylic acid groups (broad SMARTS) is 1. The molecule has 9 heteroatoms. The van der Waals surface area contributed by atoms with Gasteiger partial charge in [0.1, 0.15) is 0 Å². The average Bonchev–Trinajstić information content (AvgIpc) is 3.32. The van der Waals surface area contributed by atoms with Crippen LogP contribution in [-0.4, -0.2) is 51.4 Å². The van der Waals surface area contributed by atoms with Crippen LogP contribution in [0.1, 0.15) is 44.1 Å². The highest BCUT2D eigenvalue weighted by molar-refractivity contribution is 6.03. The van der Waals surface area contributed by atoms with Crippen molar-refractivity contribution in [2.75, 3.05) is 11.9 Å². The predicted molar refractivity (Wildman–Crippen MR) is 96.2 cm³/mol. The number of ether oxygens (including phenoxy) is 1.